The summed E-state index contributed by atoms with van der Waals surface area (Å²) in [5, 5.41) is 11.7. The molecule has 6 nitrogen and oxygen atoms in total. The molecule has 0 aliphatic heterocycles. The van der Waals surface area contributed by atoms with Crippen molar-refractivity contribution in [1.82, 2.24) is 10.1 Å². The Bertz CT molecular complexity index is 409. The number of nitrogens with zero attached hydrogens (tertiary/aromatic N) is 2. The van der Waals surface area contributed by atoms with Gasteiger partial charge in [-0.25, -0.2) is 8.42 Å². The molecule has 0 spiro atoms. The van der Waals surface area contributed by atoms with E-state index in [-0.39, 0.29) is 11.7 Å². The van der Waals surface area contributed by atoms with Gasteiger partial charge >= 0.3 is 0 Å². The van der Waals surface area contributed by atoms with E-state index in [9.17, 15) is 8.42 Å². The Morgan fingerprint density at radius 2 is 2.00 bits per heavy atom. The molecular weight excluding hydrogens is 208 g/mol. The Labute approximate surface area is 81.9 Å². The lowest BCUT2D eigenvalue weighted by Gasteiger charge is -2.01. The molecule has 0 amide bonds. The highest BCUT2D eigenvalue weighted by molar-refractivity contribution is 7.90. The predicted molar refractivity (Wildman–Crippen MR) is 48.2 cm³/mol. The van der Waals surface area contributed by atoms with Crippen molar-refractivity contribution < 1.29 is 18.0 Å². The fourth-order valence-electron chi connectivity index (χ4n) is 0.765. The average Bonchev–Trinajstić information content (AvgIpc) is 2.48. The van der Waals surface area contributed by atoms with Crippen LogP contribution in [0.4, 0.5) is 0 Å². The molecule has 0 aliphatic carbocycles. The van der Waals surface area contributed by atoms with Crippen LogP contribution in [0.15, 0.2) is 4.52 Å². The lowest BCUT2D eigenvalue weighted by molar-refractivity contribution is 0.184. The van der Waals surface area contributed by atoms with Gasteiger partial charge in [-0.1, -0.05) is 5.16 Å². The van der Waals surface area contributed by atoms with Gasteiger partial charge in [-0.05, 0) is 13.8 Å². The molecule has 7 heteroatoms. The minimum Gasteiger partial charge on any atom is -0.385 e. The van der Waals surface area contributed by atoms with Crippen LogP contribution < -0.4 is 0 Å². The first-order valence-electron chi connectivity index (χ1n) is 4.03. The summed E-state index contributed by atoms with van der Waals surface area (Å²) in [5.41, 5.74) is 0. The summed E-state index contributed by atoms with van der Waals surface area (Å²) in [6.07, 6.45) is 0.225. The Kier molecular flexibility index (Phi) is 2.91. The van der Waals surface area contributed by atoms with E-state index in [2.05, 4.69) is 10.1 Å². The smallest absolute Gasteiger partial charge is 0.244 e. The molecule has 0 bridgehead atoms. The minimum atomic E-state index is -3.25. The Morgan fingerprint density at radius 3 is 2.36 bits per heavy atom. The molecule has 0 aromatic carbocycles. The van der Waals surface area contributed by atoms with Crippen molar-refractivity contribution in [2.24, 2.45) is 0 Å². The van der Waals surface area contributed by atoms with E-state index in [1.54, 1.807) is 0 Å². The molecule has 0 fully saturated rings. The molecular formula is C7H12N2O4S. The first-order valence-corrected chi connectivity index (χ1v) is 5.98. The summed E-state index contributed by atoms with van der Waals surface area (Å²) in [6.45, 7) is 2.93. The van der Waals surface area contributed by atoms with Crippen molar-refractivity contribution in [3.63, 3.8) is 0 Å². The number of aliphatic hydroxyl groups is 1. The predicted octanol–water partition coefficient (Wildman–Crippen LogP) is 0.228. The second kappa shape index (κ2) is 3.66. The third-order valence-corrected chi connectivity index (χ3v) is 3.31. The quantitative estimate of drug-likeness (QED) is 0.783. The number of rotatable bonds is 3. The number of aromatic nitrogens is 2. The molecule has 0 aliphatic rings. The molecule has 2 unspecified atom stereocenters. The molecule has 1 heterocycles. The summed E-state index contributed by atoms with van der Waals surface area (Å²) in [7, 11) is -3.25. The third kappa shape index (κ3) is 2.30. The van der Waals surface area contributed by atoms with Crippen molar-refractivity contribution in [1.29, 1.82) is 0 Å². The number of sulfone groups is 1. The molecule has 1 N–H and O–H groups in total. The number of hydrogen-bond acceptors (Lipinski definition) is 6. The lowest BCUT2D eigenvalue weighted by Crippen LogP contribution is -2.08. The maximum atomic E-state index is 11.1. The van der Waals surface area contributed by atoms with E-state index in [1.165, 1.54) is 13.8 Å². The summed E-state index contributed by atoms with van der Waals surface area (Å²) < 4.78 is 27.0. The zero-order valence-corrected chi connectivity index (χ0v) is 8.95. The van der Waals surface area contributed by atoms with Gasteiger partial charge in [0.15, 0.2) is 15.7 Å². The largest absolute Gasteiger partial charge is 0.385 e. The highest BCUT2D eigenvalue weighted by Crippen LogP contribution is 2.20. The topological polar surface area (TPSA) is 93.3 Å². The summed E-state index contributed by atoms with van der Waals surface area (Å²) in [5.74, 6) is 0.0962. The van der Waals surface area contributed by atoms with Crippen molar-refractivity contribution >= 4 is 9.84 Å². The Morgan fingerprint density at radius 1 is 1.43 bits per heavy atom. The van der Waals surface area contributed by atoms with Crippen LogP contribution in [-0.2, 0) is 9.84 Å². The van der Waals surface area contributed by atoms with Crippen LogP contribution >= 0.6 is 0 Å². The van der Waals surface area contributed by atoms with E-state index < -0.39 is 21.2 Å². The minimum absolute atomic E-state index is 0.00315. The normalized spacial score (nSPS) is 16.6. The van der Waals surface area contributed by atoms with Gasteiger partial charge in [-0.2, -0.15) is 4.98 Å². The van der Waals surface area contributed by atoms with Gasteiger partial charge in [0.1, 0.15) is 11.4 Å². The van der Waals surface area contributed by atoms with Gasteiger partial charge in [-0.15, -0.1) is 0 Å². The molecule has 0 saturated carbocycles. The molecule has 1 rings (SSSR count). The van der Waals surface area contributed by atoms with Crippen molar-refractivity contribution in [3.8, 4) is 0 Å². The van der Waals surface area contributed by atoms with Crippen LogP contribution in [0.3, 0.4) is 0 Å². The monoisotopic (exact) mass is 220 g/mol. The molecule has 1 aromatic rings. The second-order valence-electron chi connectivity index (χ2n) is 3.14. The third-order valence-electron chi connectivity index (χ3n) is 1.82. The summed E-state index contributed by atoms with van der Waals surface area (Å²) in [4.78, 5) is 3.77. The van der Waals surface area contributed by atoms with E-state index in [4.69, 9.17) is 9.63 Å². The van der Waals surface area contributed by atoms with Crippen molar-refractivity contribution in [3.05, 3.63) is 11.7 Å². The molecule has 0 radical (unpaired) electrons. The Balaban J connectivity index is 2.98. The van der Waals surface area contributed by atoms with Gasteiger partial charge < -0.3 is 9.63 Å². The van der Waals surface area contributed by atoms with Crippen LogP contribution in [-0.4, -0.2) is 29.9 Å². The Hall–Kier alpha value is -0.950. The second-order valence-corrected chi connectivity index (χ2v) is 5.50. The van der Waals surface area contributed by atoms with Gasteiger partial charge in [0.05, 0.1) is 0 Å². The molecule has 14 heavy (non-hydrogen) atoms. The van der Waals surface area contributed by atoms with Crippen LogP contribution in [0.25, 0.3) is 0 Å². The maximum absolute atomic E-state index is 11.1. The van der Waals surface area contributed by atoms with Gasteiger partial charge in [0.2, 0.25) is 5.89 Å². The van der Waals surface area contributed by atoms with Crippen molar-refractivity contribution in [2.75, 3.05) is 6.26 Å². The highest BCUT2D eigenvalue weighted by Gasteiger charge is 2.24. The maximum Gasteiger partial charge on any atom is 0.244 e. The summed E-state index contributed by atoms with van der Waals surface area (Å²) >= 11 is 0. The number of hydrogen-bond donors (Lipinski definition) is 1. The van der Waals surface area contributed by atoms with Crippen LogP contribution in [0.2, 0.25) is 0 Å². The molecule has 80 valence electrons. The average molecular weight is 220 g/mol. The highest BCUT2D eigenvalue weighted by atomic mass is 32.2. The fourth-order valence-corrected chi connectivity index (χ4v) is 1.23. The fraction of sp³-hybridized carbons (Fsp3) is 0.714. The first-order chi connectivity index (χ1) is 6.32. The van der Waals surface area contributed by atoms with Crippen LogP contribution in [0.1, 0.15) is 36.9 Å². The lowest BCUT2D eigenvalue weighted by atomic mass is 10.4. The van der Waals surface area contributed by atoms with Gasteiger partial charge in [0, 0.05) is 6.26 Å². The van der Waals surface area contributed by atoms with E-state index in [0.29, 0.717) is 0 Å². The van der Waals surface area contributed by atoms with Gasteiger partial charge in [-0.3, -0.25) is 0 Å². The molecule has 2 atom stereocenters. The molecule has 0 saturated heterocycles. The number of aliphatic hydroxyl groups excluding tert-OH is 1. The van der Waals surface area contributed by atoms with E-state index in [1.807, 2.05) is 0 Å². The van der Waals surface area contributed by atoms with E-state index >= 15 is 0 Å². The van der Waals surface area contributed by atoms with Crippen LogP contribution in [0, 0.1) is 0 Å². The van der Waals surface area contributed by atoms with Gasteiger partial charge in [0.25, 0.3) is 0 Å². The zero-order valence-electron chi connectivity index (χ0n) is 8.13. The van der Waals surface area contributed by atoms with Crippen molar-refractivity contribution in [2.45, 2.75) is 25.2 Å². The first kappa shape index (κ1) is 11.1. The standard InChI is InChI=1S/C7H12N2O4S/c1-4(10)6-8-7(13-9-6)5(2)14(3,11)12/h4-5,10H,1-3H3. The van der Waals surface area contributed by atoms with E-state index in [0.717, 1.165) is 6.26 Å². The SMILES string of the molecule is CC(O)c1noc(C(C)S(C)(=O)=O)n1. The summed E-state index contributed by atoms with van der Waals surface area (Å²) in [6, 6.07) is 0. The van der Waals surface area contributed by atoms with Crippen LogP contribution in [0.5, 0.6) is 0 Å². The zero-order chi connectivity index (χ0) is 10.9. The molecule has 1 aromatic heterocycles.